The molecule has 3 rings (SSSR count). The predicted molar refractivity (Wildman–Crippen MR) is 92.0 cm³/mol. The highest BCUT2D eigenvalue weighted by molar-refractivity contribution is 7.99. The Balaban J connectivity index is 1.64. The van der Waals surface area contributed by atoms with Crippen LogP contribution in [0.25, 0.3) is 10.2 Å². The third-order valence-electron chi connectivity index (χ3n) is 3.78. The fourth-order valence-electron chi connectivity index (χ4n) is 2.83. The molecule has 0 unspecified atom stereocenters. The normalized spacial score (nSPS) is 23.2. The largest absolute Gasteiger partial charge is 0.373 e. The van der Waals surface area contributed by atoms with Gasteiger partial charge in [-0.15, -0.1) is 11.3 Å². The van der Waals surface area contributed by atoms with Crippen LogP contribution in [-0.2, 0) is 11.8 Å². The Hall–Kier alpha value is -0.890. The summed E-state index contributed by atoms with van der Waals surface area (Å²) in [7, 11) is 1.80. The van der Waals surface area contributed by atoms with Gasteiger partial charge in [-0.2, -0.15) is 0 Å². The molecule has 22 heavy (non-hydrogen) atoms. The van der Waals surface area contributed by atoms with Gasteiger partial charge in [0.2, 0.25) is 0 Å². The van der Waals surface area contributed by atoms with Gasteiger partial charge in [-0.1, -0.05) is 11.8 Å². The number of morpholine rings is 1. The Kier molecular flexibility index (Phi) is 4.87. The van der Waals surface area contributed by atoms with E-state index < -0.39 is 0 Å². The summed E-state index contributed by atoms with van der Waals surface area (Å²) < 4.78 is 8.15. The van der Waals surface area contributed by atoms with Crippen molar-refractivity contribution in [3.05, 3.63) is 21.8 Å². The molecule has 2 aromatic rings. The lowest BCUT2D eigenvalue weighted by Crippen LogP contribution is -2.46. The molecule has 0 bridgehead atoms. The predicted octanol–water partition coefficient (Wildman–Crippen LogP) is 2.20. The molecule has 1 saturated heterocycles. The minimum absolute atomic E-state index is 0.0520. The molecule has 1 aliphatic rings. The molecule has 0 N–H and O–H groups in total. The van der Waals surface area contributed by atoms with Crippen LogP contribution in [0.15, 0.2) is 21.4 Å². The van der Waals surface area contributed by atoms with Gasteiger partial charge in [0, 0.05) is 32.4 Å². The zero-order valence-corrected chi connectivity index (χ0v) is 14.7. The van der Waals surface area contributed by atoms with E-state index >= 15 is 0 Å². The van der Waals surface area contributed by atoms with Gasteiger partial charge in [0.05, 0.1) is 17.7 Å². The van der Waals surface area contributed by atoms with Gasteiger partial charge in [-0.3, -0.25) is 14.3 Å². The maximum absolute atomic E-state index is 12.3. The van der Waals surface area contributed by atoms with Gasteiger partial charge in [-0.25, -0.2) is 4.98 Å². The SMILES string of the molecule is C[C@@H]1CN(CCSc2nc3ccsc3c(=O)n2C)C[C@@H](C)O1. The summed E-state index contributed by atoms with van der Waals surface area (Å²) in [6.07, 6.45) is 0.580. The molecule has 0 aliphatic carbocycles. The van der Waals surface area contributed by atoms with Crippen molar-refractivity contribution < 1.29 is 4.74 Å². The first-order valence-corrected chi connectivity index (χ1v) is 9.36. The quantitative estimate of drug-likeness (QED) is 0.631. The van der Waals surface area contributed by atoms with E-state index in [0.29, 0.717) is 12.2 Å². The Bertz CT molecular complexity index is 702. The number of thioether (sulfide) groups is 1. The summed E-state index contributed by atoms with van der Waals surface area (Å²) in [5.74, 6) is 0.926. The second-order valence-electron chi connectivity index (χ2n) is 5.76. The number of thiophene rings is 1. The molecule has 0 spiro atoms. The van der Waals surface area contributed by atoms with Crippen LogP contribution in [0.3, 0.4) is 0 Å². The maximum atomic E-state index is 12.3. The average molecular weight is 339 g/mol. The standard InChI is InChI=1S/C15H21N3O2S2/c1-10-8-18(9-11(2)20-10)5-7-22-15-16-12-4-6-21-13(12)14(19)17(15)3/h4,6,10-11H,5,7-9H2,1-3H3/t10-,11-/m1/s1. The minimum Gasteiger partial charge on any atom is -0.373 e. The van der Waals surface area contributed by atoms with E-state index in [9.17, 15) is 4.79 Å². The van der Waals surface area contributed by atoms with Gasteiger partial charge in [0.15, 0.2) is 5.16 Å². The molecule has 0 amide bonds. The summed E-state index contributed by atoms with van der Waals surface area (Å²) in [6, 6.07) is 1.91. The van der Waals surface area contributed by atoms with Crippen LogP contribution in [0, 0.1) is 0 Å². The molecule has 5 nitrogen and oxygen atoms in total. The number of hydrogen-bond donors (Lipinski definition) is 0. The highest BCUT2D eigenvalue weighted by atomic mass is 32.2. The number of aromatic nitrogens is 2. The average Bonchev–Trinajstić information content (AvgIpc) is 2.91. The van der Waals surface area contributed by atoms with Crippen molar-refractivity contribution in [3.63, 3.8) is 0 Å². The van der Waals surface area contributed by atoms with Gasteiger partial charge in [0.25, 0.3) is 5.56 Å². The second kappa shape index (κ2) is 6.70. The van der Waals surface area contributed by atoms with Crippen LogP contribution in [0.2, 0.25) is 0 Å². The number of nitrogens with zero attached hydrogens (tertiary/aromatic N) is 3. The Morgan fingerprint density at radius 2 is 2.14 bits per heavy atom. The molecule has 1 fully saturated rings. The number of hydrogen-bond acceptors (Lipinski definition) is 6. The van der Waals surface area contributed by atoms with E-state index in [1.807, 2.05) is 11.4 Å². The Morgan fingerprint density at radius 1 is 1.41 bits per heavy atom. The topological polar surface area (TPSA) is 47.4 Å². The van der Waals surface area contributed by atoms with Crippen molar-refractivity contribution >= 4 is 33.3 Å². The fourth-order valence-corrected chi connectivity index (χ4v) is 4.61. The first-order chi connectivity index (χ1) is 10.5. The highest BCUT2D eigenvalue weighted by Crippen LogP contribution is 2.20. The van der Waals surface area contributed by atoms with Gasteiger partial charge in [0.1, 0.15) is 4.70 Å². The molecule has 2 aromatic heterocycles. The molecular formula is C15H21N3O2S2. The lowest BCUT2D eigenvalue weighted by Gasteiger charge is -2.35. The van der Waals surface area contributed by atoms with Crippen molar-refractivity contribution in [2.24, 2.45) is 7.05 Å². The van der Waals surface area contributed by atoms with Crippen molar-refractivity contribution in [1.82, 2.24) is 14.5 Å². The Labute approximate surface area is 138 Å². The van der Waals surface area contributed by atoms with Crippen molar-refractivity contribution in [1.29, 1.82) is 0 Å². The molecule has 3 heterocycles. The molecule has 1 aliphatic heterocycles. The minimum atomic E-state index is 0.0520. The van der Waals surface area contributed by atoms with Gasteiger partial charge >= 0.3 is 0 Å². The van der Waals surface area contributed by atoms with E-state index in [1.54, 1.807) is 23.4 Å². The van der Waals surface area contributed by atoms with Crippen molar-refractivity contribution in [2.45, 2.75) is 31.2 Å². The highest BCUT2D eigenvalue weighted by Gasteiger charge is 2.21. The van der Waals surface area contributed by atoms with Gasteiger partial charge in [-0.05, 0) is 25.3 Å². The summed E-state index contributed by atoms with van der Waals surface area (Å²) in [5.41, 5.74) is 0.861. The first-order valence-electron chi connectivity index (χ1n) is 7.49. The zero-order valence-electron chi connectivity index (χ0n) is 13.1. The number of ether oxygens (including phenoxy) is 1. The second-order valence-corrected chi connectivity index (χ2v) is 7.74. The van der Waals surface area contributed by atoms with Crippen LogP contribution in [0.1, 0.15) is 13.8 Å². The lowest BCUT2D eigenvalue weighted by molar-refractivity contribution is -0.0661. The zero-order chi connectivity index (χ0) is 15.7. The number of rotatable bonds is 4. The van der Waals surface area contributed by atoms with E-state index in [0.717, 1.165) is 40.8 Å². The summed E-state index contributed by atoms with van der Waals surface area (Å²) >= 11 is 3.11. The molecular weight excluding hydrogens is 318 g/mol. The summed E-state index contributed by atoms with van der Waals surface area (Å²) in [4.78, 5) is 19.3. The van der Waals surface area contributed by atoms with Crippen molar-refractivity contribution in [3.8, 4) is 0 Å². The van der Waals surface area contributed by atoms with Crippen molar-refractivity contribution in [2.75, 3.05) is 25.4 Å². The van der Waals surface area contributed by atoms with E-state index in [2.05, 4.69) is 23.7 Å². The first kappa shape index (κ1) is 16.0. The van der Waals surface area contributed by atoms with Crippen LogP contribution < -0.4 is 5.56 Å². The van der Waals surface area contributed by atoms with Gasteiger partial charge < -0.3 is 4.74 Å². The molecule has 2 atom stereocenters. The van der Waals surface area contributed by atoms with E-state index in [-0.39, 0.29) is 5.56 Å². The molecule has 7 heteroatoms. The van der Waals surface area contributed by atoms with Crippen LogP contribution >= 0.6 is 23.1 Å². The maximum Gasteiger partial charge on any atom is 0.271 e. The molecule has 120 valence electrons. The van der Waals surface area contributed by atoms with E-state index in [4.69, 9.17) is 4.74 Å². The molecule has 0 saturated carbocycles. The number of fused-ring (bicyclic) bond motifs is 1. The smallest absolute Gasteiger partial charge is 0.271 e. The summed E-state index contributed by atoms with van der Waals surface area (Å²) in [6.45, 7) is 7.17. The fraction of sp³-hybridized carbons (Fsp3) is 0.600. The third kappa shape index (κ3) is 3.37. The Morgan fingerprint density at radius 3 is 2.86 bits per heavy atom. The summed E-state index contributed by atoms with van der Waals surface area (Å²) in [5, 5.41) is 2.72. The lowest BCUT2D eigenvalue weighted by atomic mass is 10.2. The monoisotopic (exact) mass is 339 g/mol. The van der Waals surface area contributed by atoms with E-state index in [1.165, 1.54) is 11.3 Å². The van der Waals surface area contributed by atoms with Crippen LogP contribution in [0.5, 0.6) is 0 Å². The molecule has 0 aromatic carbocycles. The third-order valence-corrected chi connectivity index (χ3v) is 5.68. The van der Waals surface area contributed by atoms with Crippen LogP contribution in [0.4, 0.5) is 0 Å². The van der Waals surface area contributed by atoms with Crippen LogP contribution in [-0.4, -0.2) is 52.0 Å². The molecule has 0 radical (unpaired) electrons.